The van der Waals surface area contributed by atoms with Gasteiger partial charge in [0.2, 0.25) is 0 Å². The van der Waals surface area contributed by atoms with Crippen LogP contribution in [0, 0.1) is 6.92 Å². The van der Waals surface area contributed by atoms with Crippen molar-refractivity contribution in [2.24, 2.45) is 0 Å². The lowest BCUT2D eigenvalue weighted by molar-refractivity contribution is 0.342. The molecular formula is C21H18ClN3OS. The molecule has 2 heterocycles. The number of ether oxygens (including phenoxy) is 1. The molecule has 1 N–H and O–H groups in total. The number of para-hydroxylation sites is 2. The molecule has 0 saturated heterocycles. The standard InChI is InChI=1S/C21H18ClN3OS/c1-3-26-17-7-5-4-6-16(17)25-20-19-18(14-8-10-15(22)11-9-14)13(2)27-21(19)24-12-23-20/h4-12H,3H2,1-2H3,(H,23,24,25). The second-order valence-electron chi connectivity index (χ2n) is 6.00. The molecule has 0 spiro atoms. The van der Waals surface area contributed by atoms with Gasteiger partial charge in [0.05, 0.1) is 17.7 Å². The molecule has 4 nitrogen and oxygen atoms in total. The zero-order valence-electron chi connectivity index (χ0n) is 15.0. The minimum Gasteiger partial charge on any atom is -0.492 e. The minimum absolute atomic E-state index is 0.603. The van der Waals surface area contributed by atoms with Crippen molar-refractivity contribution in [3.63, 3.8) is 0 Å². The summed E-state index contributed by atoms with van der Waals surface area (Å²) < 4.78 is 5.74. The van der Waals surface area contributed by atoms with Crippen LogP contribution in [0.3, 0.4) is 0 Å². The lowest BCUT2D eigenvalue weighted by Gasteiger charge is -2.13. The topological polar surface area (TPSA) is 47.0 Å². The smallest absolute Gasteiger partial charge is 0.143 e. The van der Waals surface area contributed by atoms with Crippen LogP contribution >= 0.6 is 22.9 Å². The number of thiophene rings is 1. The Morgan fingerprint density at radius 3 is 2.63 bits per heavy atom. The van der Waals surface area contributed by atoms with Gasteiger partial charge >= 0.3 is 0 Å². The summed E-state index contributed by atoms with van der Waals surface area (Å²) in [4.78, 5) is 11.1. The maximum atomic E-state index is 6.07. The van der Waals surface area contributed by atoms with Crippen molar-refractivity contribution in [2.45, 2.75) is 13.8 Å². The van der Waals surface area contributed by atoms with Crippen molar-refractivity contribution in [3.05, 3.63) is 64.8 Å². The van der Waals surface area contributed by atoms with E-state index in [4.69, 9.17) is 16.3 Å². The quantitative estimate of drug-likeness (QED) is 0.421. The van der Waals surface area contributed by atoms with E-state index in [0.29, 0.717) is 6.61 Å². The number of halogens is 1. The van der Waals surface area contributed by atoms with Crippen LogP contribution in [0.2, 0.25) is 5.02 Å². The maximum absolute atomic E-state index is 6.07. The Labute approximate surface area is 166 Å². The number of aromatic nitrogens is 2. The summed E-state index contributed by atoms with van der Waals surface area (Å²) >= 11 is 7.73. The van der Waals surface area contributed by atoms with Crippen molar-refractivity contribution in [3.8, 4) is 16.9 Å². The zero-order chi connectivity index (χ0) is 18.8. The van der Waals surface area contributed by atoms with Crippen LogP contribution in [0.1, 0.15) is 11.8 Å². The van der Waals surface area contributed by atoms with Crippen molar-refractivity contribution in [1.29, 1.82) is 0 Å². The van der Waals surface area contributed by atoms with E-state index in [1.54, 1.807) is 17.7 Å². The van der Waals surface area contributed by atoms with Gasteiger partial charge in [-0.05, 0) is 43.7 Å². The Morgan fingerprint density at radius 2 is 1.85 bits per heavy atom. The summed E-state index contributed by atoms with van der Waals surface area (Å²) in [7, 11) is 0. The summed E-state index contributed by atoms with van der Waals surface area (Å²) in [6, 6.07) is 15.7. The van der Waals surface area contributed by atoms with E-state index in [1.165, 1.54) is 4.88 Å². The monoisotopic (exact) mass is 395 g/mol. The summed E-state index contributed by atoms with van der Waals surface area (Å²) in [6.07, 6.45) is 1.59. The molecule has 136 valence electrons. The fourth-order valence-corrected chi connectivity index (χ4v) is 4.22. The van der Waals surface area contributed by atoms with Crippen LogP contribution < -0.4 is 10.1 Å². The number of nitrogens with one attached hydrogen (secondary N) is 1. The van der Waals surface area contributed by atoms with Crippen molar-refractivity contribution in [1.82, 2.24) is 9.97 Å². The molecule has 0 aliphatic carbocycles. The van der Waals surface area contributed by atoms with E-state index < -0.39 is 0 Å². The van der Waals surface area contributed by atoms with Crippen molar-refractivity contribution >= 4 is 44.7 Å². The van der Waals surface area contributed by atoms with Crippen LogP contribution in [0.5, 0.6) is 5.75 Å². The molecule has 0 atom stereocenters. The number of rotatable bonds is 5. The maximum Gasteiger partial charge on any atom is 0.143 e. The van der Waals surface area contributed by atoms with Gasteiger partial charge in [0.1, 0.15) is 22.7 Å². The molecular weight excluding hydrogens is 378 g/mol. The molecule has 27 heavy (non-hydrogen) atoms. The van der Waals surface area contributed by atoms with E-state index in [-0.39, 0.29) is 0 Å². The SMILES string of the molecule is CCOc1ccccc1Nc1ncnc2sc(C)c(-c3ccc(Cl)cc3)c12. The molecule has 0 aliphatic heterocycles. The molecule has 0 bridgehead atoms. The summed E-state index contributed by atoms with van der Waals surface area (Å²) in [5.74, 6) is 1.56. The van der Waals surface area contributed by atoms with Gasteiger partial charge in [-0.1, -0.05) is 35.9 Å². The predicted molar refractivity (Wildman–Crippen MR) is 113 cm³/mol. The number of nitrogens with zero attached hydrogens (tertiary/aromatic N) is 2. The van der Waals surface area contributed by atoms with Crippen LogP contribution in [-0.4, -0.2) is 16.6 Å². The van der Waals surface area contributed by atoms with Crippen LogP contribution in [0.25, 0.3) is 21.3 Å². The van der Waals surface area contributed by atoms with Crippen LogP contribution in [0.4, 0.5) is 11.5 Å². The Hall–Kier alpha value is -2.63. The Kier molecular flexibility index (Phi) is 4.97. The third-order valence-corrected chi connectivity index (χ3v) is 5.50. The van der Waals surface area contributed by atoms with Gasteiger partial charge in [0.25, 0.3) is 0 Å². The Bertz CT molecular complexity index is 1090. The molecule has 0 amide bonds. The third kappa shape index (κ3) is 3.48. The fourth-order valence-electron chi connectivity index (χ4n) is 3.08. The van der Waals surface area contributed by atoms with Crippen molar-refractivity contribution < 1.29 is 4.74 Å². The largest absolute Gasteiger partial charge is 0.492 e. The van der Waals surface area contributed by atoms with Crippen LogP contribution in [-0.2, 0) is 0 Å². The molecule has 0 unspecified atom stereocenters. The fraction of sp³-hybridized carbons (Fsp3) is 0.143. The first kappa shape index (κ1) is 17.8. The van der Waals surface area contributed by atoms with Gasteiger partial charge in [0, 0.05) is 15.5 Å². The van der Waals surface area contributed by atoms with Crippen LogP contribution in [0.15, 0.2) is 54.9 Å². The highest BCUT2D eigenvalue weighted by Crippen LogP contribution is 2.41. The van der Waals surface area contributed by atoms with Gasteiger partial charge in [-0.25, -0.2) is 9.97 Å². The van der Waals surface area contributed by atoms with Gasteiger partial charge in [0.15, 0.2) is 0 Å². The molecule has 0 radical (unpaired) electrons. The lowest BCUT2D eigenvalue weighted by atomic mass is 10.0. The van der Waals surface area contributed by atoms with Gasteiger partial charge in [-0.15, -0.1) is 11.3 Å². The van der Waals surface area contributed by atoms with Gasteiger partial charge in [-0.3, -0.25) is 0 Å². The molecule has 4 aromatic rings. The zero-order valence-corrected chi connectivity index (χ0v) is 16.6. The molecule has 4 rings (SSSR count). The molecule has 2 aromatic carbocycles. The highest BCUT2D eigenvalue weighted by atomic mass is 35.5. The highest BCUT2D eigenvalue weighted by Gasteiger charge is 2.17. The summed E-state index contributed by atoms with van der Waals surface area (Å²) in [5.41, 5.74) is 3.10. The predicted octanol–water partition coefficient (Wildman–Crippen LogP) is 6.46. The first-order valence-corrected chi connectivity index (χ1v) is 9.85. The molecule has 0 fully saturated rings. The number of fused-ring (bicyclic) bond motifs is 1. The first-order valence-electron chi connectivity index (χ1n) is 8.66. The van der Waals surface area contributed by atoms with E-state index in [0.717, 1.165) is 43.6 Å². The van der Waals surface area contributed by atoms with E-state index >= 15 is 0 Å². The van der Waals surface area contributed by atoms with E-state index in [2.05, 4.69) is 22.2 Å². The summed E-state index contributed by atoms with van der Waals surface area (Å²) in [6.45, 7) is 4.68. The molecule has 0 aliphatic rings. The molecule has 0 saturated carbocycles. The normalized spacial score (nSPS) is 10.9. The van der Waals surface area contributed by atoms with Gasteiger partial charge < -0.3 is 10.1 Å². The minimum atomic E-state index is 0.603. The van der Waals surface area contributed by atoms with E-state index in [1.807, 2.05) is 55.5 Å². The Balaban J connectivity index is 1.86. The second-order valence-corrected chi connectivity index (χ2v) is 7.64. The number of hydrogen-bond acceptors (Lipinski definition) is 5. The molecule has 2 aromatic heterocycles. The Morgan fingerprint density at radius 1 is 1.07 bits per heavy atom. The first-order chi connectivity index (χ1) is 13.2. The van der Waals surface area contributed by atoms with Crippen molar-refractivity contribution in [2.75, 3.05) is 11.9 Å². The number of aryl methyl sites for hydroxylation is 1. The van der Waals surface area contributed by atoms with E-state index in [9.17, 15) is 0 Å². The number of benzene rings is 2. The third-order valence-electron chi connectivity index (χ3n) is 4.24. The number of hydrogen-bond donors (Lipinski definition) is 1. The number of anilines is 2. The average Bonchev–Trinajstić information content (AvgIpc) is 3.01. The highest BCUT2D eigenvalue weighted by molar-refractivity contribution is 7.19. The second kappa shape index (κ2) is 7.55. The molecule has 6 heteroatoms. The van der Waals surface area contributed by atoms with Gasteiger partial charge in [-0.2, -0.15) is 0 Å². The summed E-state index contributed by atoms with van der Waals surface area (Å²) in [5, 5.41) is 5.17. The lowest BCUT2D eigenvalue weighted by Crippen LogP contribution is -2.00. The average molecular weight is 396 g/mol.